The minimum Gasteiger partial charge on any atom is -0.410 e. The summed E-state index contributed by atoms with van der Waals surface area (Å²) in [6.07, 6.45) is 0.861. The normalized spacial score (nSPS) is 20.4. The average Bonchev–Trinajstić information content (AvgIpc) is 3.30. The topological polar surface area (TPSA) is 39.2 Å². The van der Waals surface area contributed by atoms with Gasteiger partial charge in [-0.05, 0) is 72.8 Å². The van der Waals surface area contributed by atoms with E-state index in [0.717, 1.165) is 67.5 Å². The van der Waals surface area contributed by atoms with Crippen LogP contribution in [0, 0.1) is 5.41 Å². The molecule has 1 heterocycles. The van der Waals surface area contributed by atoms with Gasteiger partial charge in [-0.2, -0.15) is 13.2 Å². The Morgan fingerprint density at radius 3 is 2.16 bits per heavy atom. The minimum absolute atomic E-state index is 0.001000. The molecule has 1 fully saturated rings. The highest BCUT2D eigenvalue weighted by molar-refractivity contribution is 6.74. The van der Waals surface area contributed by atoms with Crippen molar-refractivity contribution in [1.82, 2.24) is 4.98 Å². The lowest BCUT2D eigenvalue weighted by atomic mass is 9.71. The summed E-state index contributed by atoms with van der Waals surface area (Å²) in [5.41, 5.74) is 2.48. The molecule has 1 aromatic heterocycles. The third-order valence-electron chi connectivity index (χ3n) is 8.72. The molecule has 0 bridgehead atoms. The van der Waals surface area contributed by atoms with Gasteiger partial charge in [-0.15, -0.1) is 0 Å². The Morgan fingerprint density at radius 2 is 1.63 bits per heavy atom. The van der Waals surface area contributed by atoms with Crippen LogP contribution in [0.4, 0.5) is 13.2 Å². The molecule has 0 amide bonds. The molecular formula is C30H39ClF3NO2Si. The van der Waals surface area contributed by atoms with Gasteiger partial charge >= 0.3 is 6.18 Å². The largest absolute Gasteiger partial charge is 0.416 e. The van der Waals surface area contributed by atoms with E-state index in [1.165, 1.54) is 12.1 Å². The van der Waals surface area contributed by atoms with E-state index >= 15 is 0 Å². The van der Waals surface area contributed by atoms with Gasteiger partial charge < -0.3 is 4.43 Å². The van der Waals surface area contributed by atoms with Crippen LogP contribution < -0.4 is 0 Å². The summed E-state index contributed by atoms with van der Waals surface area (Å²) in [6.45, 7) is 15.5. The number of hydrogen-bond donors (Lipinski definition) is 0. The Balaban J connectivity index is 1.91. The number of nitrogens with zero attached hydrogens (tertiary/aromatic N) is 1. The quantitative estimate of drug-likeness (QED) is 0.206. The van der Waals surface area contributed by atoms with Gasteiger partial charge in [-0.25, -0.2) is 4.98 Å². The second-order valence-corrected chi connectivity index (χ2v) is 18.5. The Bertz CT molecular complexity index is 1210. The number of ketones is 1. The van der Waals surface area contributed by atoms with Crippen molar-refractivity contribution in [3.63, 3.8) is 0 Å². The summed E-state index contributed by atoms with van der Waals surface area (Å²) in [5.74, 6) is -0.235. The number of rotatable bonds is 5. The van der Waals surface area contributed by atoms with Crippen molar-refractivity contribution in [2.75, 3.05) is 0 Å². The number of carbonyl (C=O) groups is 1. The maximum atomic E-state index is 13.9. The van der Waals surface area contributed by atoms with E-state index in [-0.39, 0.29) is 39.0 Å². The molecule has 1 atom stereocenters. The van der Waals surface area contributed by atoms with Crippen molar-refractivity contribution in [3.8, 4) is 0 Å². The molecule has 3 nitrogen and oxygen atoms in total. The molecule has 0 aliphatic heterocycles. The zero-order chi connectivity index (χ0) is 28.3. The van der Waals surface area contributed by atoms with Crippen LogP contribution in [-0.2, 0) is 17.0 Å². The summed E-state index contributed by atoms with van der Waals surface area (Å²) < 4.78 is 46.5. The summed E-state index contributed by atoms with van der Waals surface area (Å²) in [4.78, 5) is 18.7. The van der Waals surface area contributed by atoms with Gasteiger partial charge in [0.25, 0.3) is 0 Å². The lowest BCUT2D eigenvalue weighted by molar-refractivity contribution is -0.137. The molecular weight excluding hydrogens is 527 g/mol. The SMILES string of the molecule is CC1(C)Cc2nc(Cl)c(C(=O)c3ccc(C(F)(F)F)cc3)c(C3CCCC3)c2[C@@H](O[Si](C)(C)C(C)(C)C)C1. The second kappa shape index (κ2) is 10.0. The van der Waals surface area contributed by atoms with Crippen LogP contribution in [0.3, 0.4) is 0 Å². The highest BCUT2D eigenvalue weighted by Crippen LogP contribution is 2.52. The highest BCUT2D eigenvalue weighted by Gasteiger charge is 2.45. The first kappa shape index (κ1) is 29.3. The van der Waals surface area contributed by atoms with E-state index < -0.39 is 20.1 Å². The standard InChI is InChI=1S/C30H39ClF3NO2Si/c1-28(2,3)38(6,7)37-22-17-29(4,5)16-21-24(22)23(18-10-8-9-11-18)25(27(31)35-21)26(36)19-12-14-20(15-13-19)30(32,33)34/h12-15,18,22H,8-11,16-17H2,1-7H3/t22-/m0/s1. The van der Waals surface area contributed by atoms with Gasteiger partial charge in [-0.1, -0.05) is 71.2 Å². The number of pyridine rings is 1. The van der Waals surface area contributed by atoms with Crippen LogP contribution >= 0.6 is 11.6 Å². The molecule has 4 rings (SSSR count). The van der Waals surface area contributed by atoms with Gasteiger partial charge in [0.1, 0.15) is 5.15 Å². The van der Waals surface area contributed by atoms with Crippen LogP contribution in [0.15, 0.2) is 24.3 Å². The molecule has 2 aromatic rings. The number of alkyl halides is 3. The van der Waals surface area contributed by atoms with Crippen LogP contribution in [-0.4, -0.2) is 19.1 Å². The predicted molar refractivity (Wildman–Crippen MR) is 148 cm³/mol. The summed E-state index contributed by atoms with van der Waals surface area (Å²) in [5, 5.41) is 0.139. The molecule has 0 radical (unpaired) electrons. The van der Waals surface area contributed by atoms with Crippen molar-refractivity contribution in [3.05, 3.63) is 62.9 Å². The smallest absolute Gasteiger partial charge is 0.410 e. The Kier molecular flexibility index (Phi) is 7.74. The Labute approximate surface area is 230 Å². The molecule has 0 spiro atoms. The number of aromatic nitrogens is 1. The predicted octanol–water partition coefficient (Wildman–Crippen LogP) is 9.68. The van der Waals surface area contributed by atoms with Gasteiger partial charge in [-0.3, -0.25) is 4.79 Å². The zero-order valence-corrected chi connectivity index (χ0v) is 25.2. The van der Waals surface area contributed by atoms with Crippen molar-refractivity contribution < 1.29 is 22.4 Å². The molecule has 0 N–H and O–H groups in total. The highest BCUT2D eigenvalue weighted by atomic mass is 35.5. The van der Waals surface area contributed by atoms with Crippen molar-refractivity contribution in [1.29, 1.82) is 0 Å². The van der Waals surface area contributed by atoms with Gasteiger partial charge in [0.05, 0.1) is 17.2 Å². The zero-order valence-electron chi connectivity index (χ0n) is 23.5. The molecule has 8 heteroatoms. The van der Waals surface area contributed by atoms with Crippen LogP contribution in [0.5, 0.6) is 0 Å². The van der Waals surface area contributed by atoms with Crippen LogP contribution in [0.1, 0.15) is 117 Å². The van der Waals surface area contributed by atoms with Crippen molar-refractivity contribution >= 4 is 25.7 Å². The minimum atomic E-state index is -4.47. The first-order chi connectivity index (χ1) is 17.4. The number of benzene rings is 1. The van der Waals surface area contributed by atoms with Gasteiger partial charge in [0.15, 0.2) is 14.1 Å². The molecule has 2 aliphatic carbocycles. The van der Waals surface area contributed by atoms with E-state index in [1.807, 2.05) is 0 Å². The lowest BCUT2D eigenvalue weighted by Crippen LogP contribution is -2.44. The molecule has 1 saturated carbocycles. The average molecular weight is 566 g/mol. The molecule has 2 aliphatic rings. The lowest BCUT2D eigenvalue weighted by Gasteiger charge is -2.45. The van der Waals surface area contributed by atoms with E-state index in [9.17, 15) is 18.0 Å². The number of fused-ring (bicyclic) bond motifs is 1. The molecule has 208 valence electrons. The Morgan fingerprint density at radius 1 is 1.05 bits per heavy atom. The number of carbonyl (C=O) groups excluding carboxylic acids is 1. The van der Waals surface area contributed by atoms with Crippen LogP contribution in [0.25, 0.3) is 0 Å². The van der Waals surface area contributed by atoms with Gasteiger partial charge in [0.2, 0.25) is 0 Å². The first-order valence-electron chi connectivity index (χ1n) is 13.5. The fourth-order valence-corrected chi connectivity index (χ4v) is 7.26. The fraction of sp³-hybridized carbons (Fsp3) is 0.600. The van der Waals surface area contributed by atoms with E-state index in [1.54, 1.807) is 0 Å². The molecule has 0 saturated heterocycles. The first-order valence-corrected chi connectivity index (χ1v) is 16.8. The third kappa shape index (κ3) is 5.75. The maximum absolute atomic E-state index is 13.9. The summed E-state index contributed by atoms with van der Waals surface area (Å²) in [6, 6.07) is 4.39. The monoisotopic (exact) mass is 565 g/mol. The Hall–Kier alpha value is -1.70. The summed E-state index contributed by atoms with van der Waals surface area (Å²) >= 11 is 6.80. The molecule has 38 heavy (non-hydrogen) atoms. The third-order valence-corrected chi connectivity index (χ3v) is 13.5. The molecule has 1 aromatic carbocycles. The van der Waals surface area contributed by atoms with E-state index in [2.05, 4.69) is 47.7 Å². The van der Waals surface area contributed by atoms with E-state index in [0.29, 0.717) is 5.56 Å². The number of halogens is 4. The van der Waals surface area contributed by atoms with Crippen LogP contribution in [0.2, 0.25) is 23.3 Å². The fourth-order valence-electron chi connectivity index (χ4n) is 5.70. The van der Waals surface area contributed by atoms with Crippen molar-refractivity contribution in [2.24, 2.45) is 5.41 Å². The van der Waals surface area contributed by atoms with E-state index in [4.69, 9.17) is 21.0 Å². The van der Waals surface area contributed by atoms with Crippen molar-refractivity contribution in [2.45, 2.75) is 109 Å². The second-order valence-electron chi connectivity index (χ2n) is 13.3. The summed E-state index contributed by atoms with van der Waals surface area (Å²) in [7, 11) is -2.18. The molecule has 0 unspecified atom stereocenters. The number of hydrogen-bond acceptors (Lipinski definition) is 3. The van der Waals surface area contributed by atoms with Gasteiger partial charge in [0, 0.05) is 16.8 Å². The maximum Gasteiger partial charge on any atom is 0.416 e.